The number of hydrogen-bond acceptors (Lipinski definition) is 2. The van der Waals surface area contributed by atoms with Crippen molar-refractivity contribution in [3.63, 3.8) is 0 Å². The predicted octanol–water partition coefficient (Wildman–Crippen LogP) is 2.10. The molecule has 0 saturated carbocycles. The first-order valence-corrected chi connectivity index (χ1v) is 3.06. The third-order valence-electron chi connectivity index (χ3n) is 0.686. The van der Waals surface area contributed by atoms with Gasteiger partial charge in [0.25, 0.3) is 0 Å². The van der Waals surface area contributed by atoms with Gasteiger partial charge in [0.05, 0.1) is 6.61 Å². The van der Waals surface area contributed by atoms with Crippen LogP contribution in [-0.2, 0) is 4.74 Å². The maximum atomic E-state index is 4.87. The van der Waals surface area contributed by atoms with Crippen LogP contribution in [0.4, 0.5) is 0 Å². The number of ether oxygens (including phenoxy) is 1. The summed E-state index contributed by atoms with van der Waals surface area (Å²) < 4.78 is 4.87. The largest absolute Gasteiger partial charge is 0.359 e. The van der Waals surface area contributed by atoms with Crippen LogP contribution in [0.2, 0.25) is 0 Å². The first-order valence-electron chi connectivity index (χ1n) is 3.06. The molecule has 2 heteroatoms. The van der Waals surface area contributed by atoms with Crippen LogP contribution in [0.3, 0.4) is 0 Å². The van der Waals surface area contributed by atoms with Crippen LogP contribution in [0, 0.1) is 0 Å². The number of nitrogens with zero attached hydrogens (tertiary/aromatic N) is 1. The molecule has 0 saturated heterocycles. The summed E-state index contributed by atoms with van der Waals surface area (Å²) in [5, 5.41) is 0. The van der Waals surface area contributed by atoms with Crippen LogP contribution < -0.4 is 0 Å². The molecule has 2 nitrogen and oxygen atoms in total. The molecule has 0 aromatic carbocycles. The lowest BCUT2D eigenvalue weighted by molar-refractivity contribution is 0.142. The molecule has 1 rings (SSSR count). The van der Waals surface area contributed by atoms with E-state index < -0.39 is 0 Å². The fraction of sp³-hybridized carbons (Fsp3) is 0.857. The minimum absolute atomic E-state index is 0. The van der Waals surface area contributed by atoms with Crippen LogP contribution in [0.25, 0.3) is 0 Å². The van der Waals surface area contributed by atoms with Gasteiger partial charge in [0, 0.05) is 12.6 Å². The van der Waals surface area contributed by atoms with E-state index in [4.69, 9.17) is 4.74 Å². The Hall–Kier alpha value is -0.370. The van der Waals surface area contributed by atoms with Gasteiger partial charge in [-0.1, -0.05) is 21.3 Å². The summed E-state index contributed by atoms with van der Waals surface area (Å²) in [5.41, 5.74) is 0. The highest BCUT2D eigenvalue weighted by Crippen LogP contribution is 1.85. The van der Waals surface area contributed by atoms with Crippen molar-refractivity contribution in [3.8, 4) is 0 Å². The zero-order valence-corrected chi connectivity index (χ0v) is 5.55. The molecule has 56 valence electrons. The molecule has 1 aliphatic heterocycles. The lowest BCUT2D eigenvalue weighted by atomic mass is 10.5. The second-order valence-electron chi connectivity index (χ2n) is 1.19. The van der Waals surface area contributed by atoms with Gasteiger partial charge in [-0.3, -0.25) is 4.99 Å². The van der Waals surface area contributed by atoms with Gasteiger partial charge in [0.2, 0.25) is 0 Å². The number of hydrogen-bond donors (Lipinski definition) is 0. The van der Waals surface area contributed by atoms with E-state index in [-0.39, 0.29) is 7.43 Å². The summed E-state index contributed by atoms with van der Waals surface area (Å²) in [4.78, 5) is 3.83. The molecule has 0 aromatic heterocycles. The molecule has 0 unspecified atom stereocenters. The molecule has 0 fully saturated rings. The van der Waals surface area contributed by atoms with Crippen molar-refractivity contribution in [1.29, 1.82) is 0 Å². The first-order chi connectivity index (χ1) is 4.00. The van der Waals surface area contributed by atoms with Gasteiger partial charge in [0.15, 0.2) is 0 Å². The van der Waals surface area contributed by atoms with E-state index in [1.54, 1.807) is 0 Å². The summed E-state index contributed by atoms with van der Waals surface area (Å²) in [7, 11) is 0. The topological polar surface area (TPSA) is 21.6 Å². The third-order valence-corrected chi connectivity index (χ3v) is 0.686. The standard InChI is InChI=1S/C4H7NO.C2H6.CH4/c1-2-5-4-6-3-1;1-2;/h2H,1,3-4H2;1-2H3;1H4. The van der Waals surface area contributed by atoms with Gasteiger partial charge in [-0.2, -0.15) is 0 Å². The SMILES string of the molecule is C.C1=NCOCC1.CC. The van der Waals surface area contributed by atoms with Crippen molar-refractivity contribution < 1.29 is 4.74 Å². The molecule has 0 aromatic rings. The van der Waals surface area contributed by atoms with Crippen molar-refractivity contribution >= 4 is 6.21 Å². The lowest BCUT2D eigenvalue weighted by Crippen LogP contribution is -2.00. The summed E-state index contributed by atoms with van der Waals surface area (Å²) >= 11 is 0. The minimum Gasteiger partial charge on any atom is -0.359 e. The average Bonchev–Trinajstić information content (AvgIpc) is 1.96. The lowest BCUT2D eigenvalue weighted by Gasteiger charge is -2.00. The van der Waals surface area contributed by atoms with Crippen molar-refractivity contribution in [3.05, 3.63) is 0 Å². The van der Waals surface area contributed by atoms with Crippen LogP contribution in [0.1, 0.15) is 27.7 Å². The zero-order chi connectivity index (χ0) is 6.24. The van der Waals surface area contributed by atoms with E-state index in [2.05, 4.69) is 4.99 Å². The number of aliphatic imine (C=N–C) groups is 1. The summed E-state index contributed by atoms with van der Waals surface area (Å²) in [6, 6.07) is 0. The van der Waals surface area contributed by atoms with E-state index in [0.29, 0.717) is 6.73 Å². The van der Waals surface area contributed by atoms with Gasteiger partial charge in [-0.15, -0.1) is 0 Å². The third kappa shape index (κ3) is 7.63. The summed E-state index contributed by atoms with van der Waals surface area (Å²) in [6.45, 7) is 5.42. The molecule has 1 heterocycles. The Bertz CT molecular complexity index is 53.9. The highest BCUT2D eigenvalue weighted by atomic mass is 16.5. The highest BCUT2D eigenvalue weighted by molar-refractivity contribution is 5.57. The van der Waals surface area contributed by atoms with Gasteiger partial charge < -0.3 is 4.74 Å². The summed E-state index contributed by atoms with van der Waals surface area (Å²) in [5.74, 6) is 0. The maximum absolute atomic E-state index is 4.87. The van der Waals surface area contributed by atoms with Crippen LogP contribution in [0.5, 0.6) is 0 Å². The Morgan fingerprint density at radius 1 is 1.44 bits per heavy atom. The van der Waals surface area contributed by atoms with Crippen LogP contribution >= 0.6 is 0 Å². The molecule has 0 aliphatic carbocycles. The Labute approximate surface area is 57.9 Å². The quantitative estimate of drug-likeness (QED) is 0.493. The molecular weight excluding hydrogens is 114 g/mol. The van der Waals surface area contributed by atoms with Gasteiger partial charge in [-0.05, 0) is 0 Å². The van der Waals surface area contributed by atoms with E-state index >= 15 is 0 Å². The van der Waals surface area contributed by atoms with Gasteiger partial charge >= 0.3 is 0 Å². The molecule has 0 radical (unpaired) electrons. The minimum atomic E-state index is 0. The van der Waals surface area contributed by atoms with Gasteiger partial charge in [0.1, 0.15) is 6.73 Å². The van der Waals surface area contributed by atoms with E-state index in [0.717, 1.165) is 13.0 Å². The molecule has 9 heavy (non-hydrogen) atoms. The van der Waals surface area contributed by atoms with E-state index in [1.807, 2.05) is 20.1 Å². The molecular formula is C7H17NO. The molecule has 0 amide bonds. The highest BCUT2D eigenvalue weighted by Gasteiger charge is 1.86. The van der Waals surface area contributed by atoms with Crippen molar-refractivity contribution in [2.75, 3.05) is 13.3 Å². The monoisotopic (exact) mass is 131 g/mol. The summed E-state index contributed by atoms with van der Waals surface area (Å²) in [6.07, 6.45) is 2.88. The van der Waals surface area contributed by atoms with Crippen molar-refractivity contribution in [2.24, 2.45) is 4.99 Å². The second-order valence-corrected chi connectivity index (χ2v) is 1.19. The maximum Gasteiger partial charge on any atom is 0.137 e. The van der Waals surface area contributed by atoms with E-state index in [9.17, 15) is 0 Å². The Kier molecular flexibility index (Phi) is 13.4. The fourth-order valence-electron chi connectivity index (χ4n) is 0.397. The zero-order valence-electron chi connectivity index (χ0n) is 5.55. The van der Waals surface area contributed by atoms with E-state index in [1.165, 1.54) is 0 Å². The fourth-order valence-corrected chi connectivity index (χ4v) is 0.397. The normalized spacial score (nSPS) is 14.9. The molecule has 0 N–H and O–H groups in total. The van der Waals surface area contributed by atoms with Crippen LogP contribution in [0.15, 0.2) is 4.99 Å². The smallest absolute Gasteiger partial charge is 0.137 e. The second kappa shape index (κ2) is 10.6. The van der Waals surface area contributed by atoms with Crippen LogP contribution in [-0.4, -0.2) is 19.6 Å². The molecule has 1 aliphatic rings. The molecule has 0 atom stereocenters. The Morgan fingerprint density at radius 2 is 2.11 bits per heavy atom. The first kappa shape index (κ1) is 11.4. The van der Waals surface area contributed by atoms with Crippen molar-refractivity contribution in [1.82, 2.24) is 0 Å². The van der Waals surface area contributed by atoms with Crippen molar-refractivity contribution in [2.45, 2.75) is 27.7 Å². The predicted molar refractivity (Wildman–Crippen MR) is 42.0 cm³/mol. The average molecular weight is 131 g/mol. The number of rotatable bonds is 0. The Balaban J connectivity index is 0. The molecule has 0 spiro atoms. The Morgan fingerprint density at radius 3 is 2.22 bits per heavy atom. The van der Waals surface area contributed by atoms with Gasteiger partial charge in [-0.25, -0.2) is 0 Å². The molecule has 0 bridgehead atoms.